The molecule has 6 nitrogen and oxygen atoms in total. The summed E-state index contributed by atoms with van der Waals surface area (Å²) >= 11 is 4.57. The molecule has 0 aromatic carbocycles. The zero-order valence-corrected chi connectivity index (χ0v) is 19.6. The first-order chi connectivity index (χ1) is 14.6. The predicted octanol–water partition coefficient (Wildman–Crippen LogP) is 4.01. The van der Waals surface area contributed by atoms with Crippen LogP contribution in [0, 0.1) is 0 Å². The van der Waals surface area contributed by atoms with Crippen molar-refractivity contribution in [1.82, 2.24) is 14.9 Å². The van der Waals surface area contributed by atoms with E-state index < -0.39 is 0 Å². The van der Waals surface area contributed by atoms with Crippen molar-refractivity contribution < 1.29 is 9.53 Å². The highest BCUT2D eigenvalue weighted by Gasteiger charge is 2.22. The Labute approximate surface area is 187 Å². The molecule has 9 heteroatoms. The number of hydrogen-bond donors (Lipinski definition) is 1. The topological polar surface area (TPSA) is 73.2 Å². The summed E-state index contributed by atoms with van der Waals surface area (Å²) in [4.78, 5) is 33.8. The van der Waals surface area contributed by atoms with Crippen LogP contribution in [0.2, 0.25) is 0 Å². The Morgan fingerprint density at radius 1 is 1.40 bits per heavy atom. The Balaban J connectivity index is 1.57. The van der Waals surface area contributed by atoms with Gasteiger partial charge in [-0.15, -0.1) is 22.7 Å². The maximum Gasteiger partial charge on any atom is 0.263 e. The number of carbonyl (C=O) groups is 1. The number of hydrogen-bond acceptors (Lipinski definition) is 7. The Bertz CT molecular complexity index is 1090. The van der Waals surface area contributed by atoms with Crippen molar-refractivity contribution in [3.05, 3.63) is 43.2 Å². The molecule has 3 heterocycles. The molecule has 0 bridgehead atoms. The SMILES string of the molecule is COCCn1c(SCC(=O)NC(C)c2cccs2)nc2sc3c(c2c1=O)CCCC3. The van der Waals surface area contributed by atoms with Crippen LogP contribution < -0.4 is 10.9 Å². The minimum Gasteiger partial charge on any atom is -0.383 e. The Hall–Kier alpha value is -1.68. The number of thiophene rings is 2. The average Bonchev–Trinajstić information content (AvgIpc) is 3.39. The molecule has 30 heavy (non-hydrogen) atoms. The van der Waals surface area contributed by atoms with Gasteiger partial charge in [-0.05, 0) is 49.6 Å². The van der Waals surface area contributed by atoms with Gasteiger partial charge in [-0.1, -0.05) is 17.8 Å². The van der Waals surface area contributed by atoms with Crippen molar-refractivity contribution in [3.63, 3.8) is 0 Å². The molecule has 4 rings (SSSR count). The third kappa shape index (κ3) is 4.49. The van der Waals surface area contributed by atoms with Gasteiger partial charge >= 0.3 is 0 Å². The van der Waals surface area contributed by atoms with Gasteiger partial charge in [-0.2, -0.15) is 0 Å². The van der Waals surface area contributed by atoms with Crippen LogP contribution in [0.5, 0.6) is 0 Å². The van der Waals surface area contributed by atoms with Crippen molar-refractivity contribution in [2.24, 2.45) is 0 Å². The average molecular weight is 464 g/mol. The molecular weight excluding hydrogens is 438 g/mol. The predicted molar refractivity (Wildman–Crippen MR) is 124 cm³/mol. The summed E-state index contributed by atoms with van der Waals surface area (Å²) in [5.74, 6) is 0.144. The number of nitrogens with zero attached hydrogens (tertiary/aromatic N) is 2. The summed E-state index contributed by atoms with van der Waals surface area (Å²) in [6.45, 7) is 2.83. The van der Waals surface area contributed by atoms with Crippen molar-refractivity contribution in [3.8, 4) is 0 Å². The highest BCUT2D eigenvalue weighted by Crippen LogP contribution is 2.34. The van der Waals surface area contributed by atoms with Gasteiger partial charge in [0.1, 0.15) is 4.83 Å². The van der Waals surface area contributed by atoms with Gasteiger partial charge in [0.2, 0.25) is 5.91 Å². The van der Waals surface area contributed by atoms with Crippen LogP contribution in [0.3, 0.4) is 0 Å². The maximum atomic E-state index is 13.3. The van der Waals surface area contributed by atoms with Crippen LogP contribution in [0.4, 0.5) is 0 Å². The fourth-order valence-corrected chi connectivity index (χ4v) is 6.61. The monoisotopic (exact) mass is 463 g/mol. The van der Waals surface area contributed by atoms with Gasteiger partial charge in [0.05, 0.1) is 30.3 Å². The maximum absolute atomic E-state index is 13.3. The number of nitrogens with one attached hydrogen (secondary N) is 1. The van der Waals surface area contributed by atoms with Crippen LogP contribution >= 0.6 is 34.4 Å². The summed E-state index contributed by atoms with van der Waals surface area (Å²) in [7, 11) is 1.62. The fraction of sp³-hybridized carbons (Fsp3) is 0.476. The molecular formula is C21H25N3O3S3. The van der Waals surface area contributed by atoms with E-state index in [1.165, 1.54) is 28.6 Å². The first kappa shape index (κ1) is 21.5. The van der Waals surface area contributed by atoms with Crippen LogP contribution in [0.25, 0.3) is 10.2 Å². The van der Waals surface area contributed by atoms with E-state index in [1.54, 1.807) is 34.4 Å². The first-order valence-electron chi connectivity index (χ1n) is 10.1. The molecule has 1 unspecified atom stereocenters. The molecule has 3 aromatic heterocycles. The molecule has 1 aliphatic carbocycles. The molecule has 1 N–H and O–H groups in total. The summed E-state index contributed by atoms with van der Waals surface area (Å²) in [6, 6.07) is 3.96. The van der Waals surface area contributed by atoms with Crippen LogP contribution in [-0.4, -0.2) is 34.9 Å². The minimum atomic E-state index is -0.0704. The molecule has 0 radical (unpaired) electrons. The number of amides is 1. The molecule has 0 spiro atoms. The van der Waals surface area contributed by atoms with E-state index in [4.69, 9.17) is 9.72 Å². The van der Waals surface area contributed by atoms with Gasteiger partial charge in [0.15, 0.2) is 5.16 Å². The van der Waals surface area contributed by atoms with Gasteiger partial charge in [-0.3, -0.25) is 14.2 Å². The second-order valence-corrected chi connectivity index (χ2v) is 10.3. The smallest absolute Gasteiger partial charge is 0.263 e. The number of fused-ring (bicyclic) bond motifs is 3. The van der Waals surface area contributed by atoms with Gasteiger partial charge in [0, 0.05) is 16.9 Å². The highest BCUT2D eigenvalue weighted by molar-refractivity contribution is 7.99. The zero-order valence-electron chi connectivity index (χ0n) is 17.1. The van der Waals surface area contributed by atoms with Gasteiger partial charge < -0.3 is 10.1 Å². The van der Waals surface area contributed by atoms with Crippen molar-refractivity contribution in [2.75, 3.05) is 19.5 Å². The number of thioether (sulfide) groups is 1. The van der Waals surface area contributed by atoms with E-state index in [9.17, 15) is 9.59 Å². The minimum absolute atomic E-state index is 0.00804. The molecule has 3 aromatic rings. The molecule has 0 fully saturated rings. The Morgan fingerprint density at radius 2 is 2.23 bits per heavy atom. The number of ether oxygens (including phenoxy) is 1. The quantitative estimate of drug-likeness (QED) is 0.404. The van der Waals surface area contributed by atoms with E-state index in [0.29, 0.717) is 18.3 Å². The summed E-state index contributed by atoms with van der Waals surface area (Å²) in [6.07, 6.45) is 4.27. The lowest BCUT2D eigenvalue weighted by atomic mass is 9.97. The molecule has 1 atom stereocenters. The second-order valence-electron chi connectivity index (χ2n) is 7.33. The Morgan fingerprint density at radius 3 is 3.00 bits per heavy atom. The van der Waals surface area contributed by atoms with Crippen molar-refractivity contribution in [1.29, 1.82) is 0 Å². The summed E-state index contributed by atoms with van der Waals surface area (Å²) in [5, 5.41) is 6.38. The lowest BCUT2D eigenvalue weighted by Crippen LogP contribution is -2.29. The first-order valence-corrected chi connectivity index (χ1v) is 12.8. The van der Waals surface area contributed by atoms with Crippen molar-refractivity contribution >= 4 is 50.6 Å². The van der Waals surface area contributed by atoms with E-state index >= 15 is 0 Å². The van der Waals surface area contributed by atoms with E-state index in [1.807, 2.05) is 24.4 Å². The third-order valence-electron chi connectivity index (χ3n) is 5.24. The number of methoxy groups -OCH3 is 1. The lowest BCUT2D eigenvalue weighted by Gasteiger charge is -2.14. The normalized spacial score (nSPS) is 14.6. The Kier molecular flexibility index (Phi) is 6.92. The van der Waals surface area contributed by atoms with Gasteiger partial charge in [0.25, 0.3) is 5.56 Å². The van der Waals surface area contributed by atoms with Crippen LogP contribution in [-0.2, 0) is 28.9 Å². The lowest BCUT2D eigenvalue weighted by molar-refractivity contribution is -0.119. The number of carbonyl (C=O) groups excluding carboxylic acids is 1. The standard InChI is InChI=1S/C21H25N3O3S3/c1-13(15-8-5-11-28-15)22-17(25)12-29-21-23-19-18(20(26)24(21)9-10-27-2)14-6-3-4-7-16(14)30-19/h5,8,11,13H,3-4,6-7,9-10,12H2,1-2H3,(H,22,25). The third-order valence-corrected chi connectivity index (χ3v) is 8.46. The largest absolute Gasteiger partial charge is 0.383 e. The zero-order chi connectivity index (χ0) is 21.1. The summed E-state index contributed by atoms with van der Waals surface area (Å²) in [5.41, 5.74) is 1.18. The molecule has 1 aliphatic rings. The van der Waals surface area contributed by atoms with E-state index in [-0.39, 0.29) is 23.3 Å². The summed E-state index contributed by atoms with van der Waals surface area (Å²) < 4.78 is 6.88. The van der Waals surface area contributed by atoms with E-state index in [2.05, 4.69) is 5.32 Å². The van der Waals surface area contributed by atoms with Crippen molar-refractivity contribution in [2.45, 2.75) is 50.4 Å². The van der Waals surface area contributed by atoms with Crippen LogP contribution in [0.1, 0.15) is 41.1 Å². The van der Waals surface area contributed by atoms with Crippen LogP contribution in [0.15, 0.2) is 27.5 Å². The molecule has 160 valence electrons. The highest BCUT2D eigenvalue weighted by atomic mass is 32.2. The number of rotatable bonds is 8. The molecule has 0 saturated heterocycles. The van der Waals surface area contributed by atoms with Gasteiger partial charge in [-0.25, -0.2) is 4.98 Å². The number of aromatic nitrogens is 2. The fourth-order valence-electron chi connectivity index (χ4n) is 3.73. The number of aryl methyl sites for hydroxylation is 2. The molecule has 1 amide bonds. The molecule has 0 saturated carbocycles. The van der Waals surface area contributed by atoms with E-state index in [0.717, 1.165) is 34.4 Å². The molecule has 0 aliphatic heterocycles. The second kappa shape index (κ2) is 9.64.